The minimum Gasteiger partial charge on any atom is -0.316 e. The summed E-state index contributed by atoms with van der Waals surface area (Å²) in [6, 6.07) is 0. The average molecular weight is 242 g/mol. The van der Waals surface area contributed by atoms with Crippen molar-refractivity contribution >= 4 is 0 Å². The molecule has 0 heterocycles. The molecule has 0 rings (SSSR count). The van der Waals surface area contributed by atoms with Crippen LogP contribution in [0.4, 0.5) is 0 Å². The fourth-order valence-electron chi connectivity index (χ4n) is 2.61. The quantitative estimate of drug-likeness (QED) is 0.702. The Labute approximate surface area is 109 Å². The Balaban J connectivity index is 4.41. The van der Waals surface area contributed by atoms with Gasteiger partial charge in [0.1, 0.15) is 0 Å². The molecule has 2 nitrogen and oxygen atoms in total. The van der Waals surface area contributed by atoms with Crippen molar-refractivity contribution in [1.29, 1.82) is 0 Å². The molecule has 1 N–H and O–H groups in total. The minimum atomic E-state index is 0.389. The normalized spacial score (nSPS) is 13.4. The van der Waals surface area contributed by atoms with Crippen molar-refractivity contribution in [3.8, 4) is 0 Å². The predicted octanol–water partition coefficient (Wildman–Crippen LogP) is 3.38. The molecule has 2 heteroatoms. The summed E-state index contributed by atoms with van der Waals surface area (Å²) >= 11 is 0. The Morgan fingerprint density at radius 3 is 1.82 bits per heavy atom. The molecule has 0 fully saturated rings. The van der Waals surface area contributed by atoms with E-state index in [4.69, 9.17) is 0 Å². The monoisotopic (exact) mass is 242 g/mol. The maximum Gasteiger partial charge on any atom is 0.00471 e. The highest BCUT2D eigenvalue weighted by atomic mass is 15.1. The van der Waals surface area contributed by atoms with Gasteiger partial charge < -0.3 is 10.2 Å². The van der Waals surface area contributed by atoms with Crippen LogP contribution in [-0.2, 0) is 0 Å². The topological polar surface area (TPSA) is 15.3 Å². The van der Waals surface area contributed by atoms with Gasteiger partial charge in [-0.3, -0.25) is 0 Å². The largest absolute Gasteiger partial charge is 0.316 e. The van der Waals surface area contributed by atoms with Gasteiger partial charge in [-0.05, 0) is 37.3 Å². The summed E-state index contributed by atoms with van der Waals surface area (Å²) in [6.45, 7) is 18.4. The molecule has 0 aliphatic carbocycles. The summed E-state index contributed by atoms with van der Waals surface area (Å²) in [6.07, 6.45) is 2.51. The third kappa shape index (κ3) is 7.05. The lowest BCUT2D eigenvalue weighted by Crippen LogP contribution is -2.44. The highest BCUT2D eigenvalue weighted by Gasteiger charge is 2.28. The van der Waals surface area contributed by atoms with Gasteiger partial charge in [0.05, 0.1) is 0 Å². The molecule has 0 aliphatic rings. The summed E-state index contributed by atoms with van der Waals surface area (Å²) < 4.78 is 0. The molecular weight excluding hydrogens is 208 g/mol. The van der Waals surface area contributed by atoms with Gasteiger partial charge in [-0.1, -0.05) is 41.5 Å². The van der Waals surface area contributed by atoms with E-state index < -0.39 is 0 Å². The minimum absolute atomic E-state index is 0.389. The van der Waals surface area contributed by atoms with E-state index in [1.165, 1.54) is 25.9 Å². The van der Waals surface area contributed by atoms with Crippen LogP contribution in [0, 0.1) is 10.8 Å². The molecular formula is C15H34N2. The van der Waals surface area contributed by atoms with Crippen molar-refractivity contribution in [1.82, 2.24) is 10.2 Å². The maximum atomic E-state index is 3.53. The van der Waals surface area contributed by atoms with E-state index in [2.05, 4.69) is 58.8 Å². The lowest BCUT2D eigenvalue weighted by atomic mass is 9.81. The first-order chi connectivity index (χ1) is 7.78. The molecule has 0 bridgehead atoms. The zero-order valence-electron chi connectivity index (χ0n) is 13.2. The van der Waals surface area contributed by atoms with Crippen molar-refractivity contribution in [2.75, 3.05) is 33.2 Å². The molecule has 0 radical (unpaired) electrons. The molecule has 17 heavy (non-hydrogen) atoms. The molecule has 0 atom stereocenters. The van der Waals surface area contributed by atoms with Crippen molar-refractivity contribution in [3.63, 3.8) is 0 Å². The number of hydrogen-bond donors (Lipinski definition) is 1. The van der Waals surface area contributed by atoms with E-state index in [9.17, 15) is 0 Å². The summed E-state index contributed by atoms with van der Waals surface area (Å²) in [4.78, 5) is 2.50. The first-order valence-electron chi connectivity index (χ1n) is 7.18. The van der Waals surface area contributed by atoms with Gasteiger partial charge in [0.25, 0.3) is 0 Å². The van der Waals surface area contributed by atoms with Gasteiger partial charge in [-0.2, -0.15) is 0 Å². The smallest absolute Gasteiger partial charge is 0.00471 e. The molecule has 0 saturated heterocycles. The lowest BCUT2D eigenvalue weighted by molar-refractivity contribution is 0.126. The van der Waals surface area contributed by atoms with Gasteiger partial charge >= 0.3 is 0 Å². The SMILES string of the molecule is CCNCC(CC)(CC)CN(C)CC(C)(C)C. The zero-order chi connectivity index (χ0) is 13.5. The second-order valence-corrected chi connectivity index (χ2v) is 6.72. The Bertz CT molecular complexity index is 190. The summed E-state index contributed by atoms with van der Waals surface area (Å²) in [7, 11) is 2.26. The Morgan fingerprint density at radius 1 is 0.941 bits per heavy atom. The summed E-state index contributed by atoms with van der Waals surface area (Å²) in [5.41, 5.74) is 0.830. The highest BCUT2D eigenvalue weighted by Crippen LogP contribution is 2.27. The first kappa shape index (κ1) is 16.9. The Kier molecular flexibility index (Phi) is 7.34. The molecule has 104 valence electrons. The van der Waals surface area contributed by atoms with Crippen LogP contribution >= 0.6 is 0 Å². The van der Waals surface area contributed by atoms with Gasteiger partial charge in [0, 0.05) is 19.6 Å². The molecule has 0 aromatic carbocycles. The third-order valence-corrected chi connectivity index (χ3v) is 3.60. The molecule has 0 saturated carbocycles. The Hall–Kier alpha value is -0.0800. The van der Waals surface area contributed by atoms with Crippen LogP contribution in [0.1, 0.15) is 54.4 Å². The fourth-order valence-corrected chi connectivity index (χ4v) is 2.61. The van der Waals surface area contributed by atoms with Crippen molar-refractivity contribution in [2.45, 2.75) is 54.4 Å². The lowest BCUT2D eigenvalue weighted by Gasteiger charge is -2.38. The van der Waals surface area contributed by atoms with E-state index in [0.717, 1.165) is 13.1 Å². The van der Waals surface area contributed by atoms with Crippen LogP contribution < -0.4 is 5.32 Å². The van der Waals surface area contributed by atoms with Crippen molar-refractivity contribution < 1.29 is 0 Å². The van der Waals surface area contributed by atoms with Gasteiger partial charge in [-0.25, -0.2) is 0 Å². The van der Waals surface area contributed by atoms with E-state index in [0.29, 0.717) is 10.8 Å². The highest BCUT2D eigenvalue weighted by molar-refractivity contribution is 4.83. The average Bonchev–Trinajstić information content (AvgIpc) is 2.21. The van der Waals surface area contributed by atoms with Gasteiger partial charge in [0.2, 0.25) is 0 Å². The van der Waals surface area contributed by atoms with E-state index in [1.54, 1.807) is 0 Å². The maximum absolute atomic E-state index is 3.53. The van der Waals surface area contributed by atoms with Crippen molar-refractivity contribution in [3.05, 3.63) is 0 Å². The third-order valence-electron chi connectivity index (χ3n) is 3.60. The predicted molar refractivity (Wildman–Crippen MR) is 78.5 cm³/mol. The number of hydrogen-bond acceptors (Lipinski definition) is 2. The second-order valence-electron chi connectivity index (χ2n) is 6.72. The van der Waals surface area contributed by atoms with Crippen LogP contribution in [-0.4, -0.2) is 38.1 Å². The van der Waals surface area contributed by atoms with Crippen LogP contribution in [0.25, 0.3) is 0 Å². The molecule has 0 aliphatic heterocycles. The van der Waals surface area contributed by atoms with Crippen LogP contribution in [0.3, 0.4) is 0 Å². The Morgan fingerprint density at radius 2 is 1.47 bits per heavy atom. The van der Waals surface area contributed by atoms with Gasteiger partial charge in [0.15, 0.2) is 0 Å². The van der Waals surface area contributed by atoms with Crippen LogP contribution in [0.2, 0.25) is 0 Å². The molecule has 0 spiro atoms. The van der Waals surface area contributed by atoms with Crippen molar-refractivity contribution in [2.24, 2.45) is 10.8 Å². The zero-order valence-corrected chi connectivity index (χ0v) is 13.2. The number of nitrogens with zero attached hydrogens (tertiary/aromatic N) is 1. The first-order valence-corrected chi connectivity index (χ1v) is 7.18. The number of rotatable bonds is 8. The molecule has 0 unspecified atom stereocenters. The standard InChI is InChI=1S/C15H34N2/c1-8-15(9-2,11-16-10-3)13-17(7)12-14(4,5)6/h16H,8-13H2,1-7H3. The molecule has 0 amide bonds. The summed E-state index contributed by atoms with van der Waals surface area (Å²) in [5.74, 6) is 0. The second kappa shape index (κ2) is 7.38. The van der Waals surface area contributed by atoms with E-state index in [1.807, 2.05) is 0 Å². The van der Waals surface area contributed by atoms with Gasteiger partial charge in [-0.15, -0.1) is 0 Å². The number of nitrogens with one attached hydrogen (secondary N) is 1. The summed E-state index contributed by atoms with van der Waals surface area (Å²) in [5, 5.41) is 3.53. The van der Waals surface area contributed by atoms with Crippen LogP contribution in [0.15, 0.2) is 0 Å². The fraction of sp³-hybridized carbons (Fsp3) is 1.00. The molecule has 0 aromatic heterocycles. The van der Waals surface area contributed by atoms with E-state index >= 15 is 0 Å². The van der Waals surface area contributed by atoms with E-state index in [-0.39, 0.29) is 0 Å². The van der Waals surface area contributed by atoms with Crippen LogP contribution in [0.5, 0.6) is 0 Å². The molecule has 0 aromatic rings.